The van der Waals surface area contributed by atoms with Crippen LogP contribution in [0.4, 0.5) is 0 Å². The lowest BCUT2D eigenvalue weighted by molar-refractivity contribution is -0.122. The van der Waals surface area contributed by atoms with E-state index in [9.17, 15) is 4.79 Å². The van der Waals surface area contributed by atoms with Gasteiger partial charge < -0.3 is 9.47 Å². The maximum Gasteiger partial charge on any atom is 0.266 e. The van der Waals surface area contributed by atoms with Crippen LogP contribution in [0.3, 0.4) is 0 Å². The molecule has 1 amide bonds. The summed E-state index contributed by atoms with van der Waals surface area (Å²) in [7, 11) is 3.17. The summed E-state index contributed by atoms with van der Waals surface area (Å²) in [5.41, 5.74) is 1.97. The molecule has 2 aromatic carbocycles. The van der Waals surface area contributed by atoms with Gasteiger partial charge in [0, 0.05) is 12.1 Å². The van der Waals surface area contributed by atoms with Crippen molar-refractivity contribution in [1.29, 1.82) is 0 Å². The summed E-state index contributed by atoms with van der Waals surface area (Å²) in [5.74, 6) is 1.16. The van der Waals surface area contributed by atoms with Crippen molar-refractivity contribution in [2.24, 2.45) is 0 Å². The van der Waals surface area contributed by atoms with Crippen LogP contribution in [0.25, 0.3) is 6.08 Å². The molecule has 0 spiro atoms. The molecule has 1 saturated heterocycles. The first-order valence-corrected chi connectivity index (χ1v) is 9.37. The van der Waals surface area contributed by atoms with Crippen molar-refractivity contribution in [3.05, 3.63) is 64.6 Å². The molecule has 0 bridgehead atoms. The Morgan fingerprint density at radius 3 is 2.54 bits per heavy atom. The zero-order chi connectivity index (χ0) is 18.5. The SMILES string of the molecule is COc1cccc(/C=C2\SC(=S)N(CCc3ccccc3)C2=O)c1OC. The van der Waals surface area contributed by atoms with Crippen LogP contribution in [0, 0.1) is 0 Å². The third kappa shape index (κ3) is 3.92. The number of thioether (sulfide) groups is 1. The first-order chi connectivity index (χ1) is 12.6. The standard InChI is InChI=1S/C20H19NO3S2/c1-23-16-10-6-9-15(18(16)24-2)13-17-19(22)21(20(25)26-17)12-11-14-7-4-3-5-8-14/h3-10,13H,11-12H2,1-2H3/b17-13-. The molecule has 2 aromatic rings. The van der Waals surface area contributed by atoms with Gasteiger partial charge in [-0.25, -0.2) is 0 Å². The van der Waals surface area contributed by atoms with Gasteiger partial charge in [0.15, 0.2) is 11.5 Å². The summed E-state index contributed by atoms with van der Waals surface area (Å²) in [5, 5.41) is 0. The van der Waals surface area contributed by atoms with Gasteiger partial charge in [-0.15, -0.1) is 0 Å². The van der Waals surface area contributed by atoms with Crippen molar-refractivity contribution < 1.29 is 14.3 Å². The molecular weight excluding hydrogens is 366 g/mol. The van der Waals surface area contributed by atoms with Crippen LogP contribution in [0.15, 0.2) is 53.4 Å². The monoisotopic (exact) mass is 385 g/mol. The lowest BCUT2D eigenvalue weighted by atomic mass is 10.1. The van der Waals surface area contributed by atoms with Crippen LogP contribution in [-0.2, 0) is 11.2 Å². The van der Waals surface area contributed by atoms with Gasteiger partial charge in [0.2, 0.25) is 0 Å². The number of hydrogen-bond donors (Lipinski definition) is 0. The van der Waals surface area contributed by atoms with E-state index < -0.39 is 0 Å². The number of methoxy groups -OCH3 is 2. The summed E-state index contributed by atoms with van der Waals surface area (Å²) in [6.07, 6.45) is 2.58. The van der Waals surface area contributed by atoms with Crippen LogP contribution >= 0.6 is 24.0 Å². The van der Waals surface area contributed by atoms with Gasteiger partial charge in [-0.1, -0.05) is 66.4 Å². The average Bonchev–Trinajstić information content (AvgIpc) is 2.93. The van der Waals surface area contributed by atoms with Crippen molar-refractivity contribution in [2.45, 2.75) is 6.42 Å². The highest BCUT2D eigenvalue weighted by atomic mass is 32.2. The van der Waals surface area contributed by atoms with E-state index in [4.69, 9.17) is 21.7 Å². The Bertz CT molecular complexity index is 849. The van der Waals surface area contributed by atoms with Crippen molar-refractivity contribution >= 4 is 40.3 Å². The molecule has 26 heavy (non-hydrogen) atoms. The first-order valence-electron chi connectivity index (χ1n) is 8.14. The van der Waals surface area contributed by atoms with Crippen LogP contribution in [-0.4, -0.2) is 35.9 Å². The molecule has 0 aromatic heterocycles. The lowest BCUT2D eigenvalue weighted by Gasteiger charge is -2.14. The van der Waals surface area contributed by atoms with Crippen LogP contribution in [0.2, 0.25) is 0 Å². The normalized spacial score (nSPS) is 15.6. The quantitative estimate of drug-likeness (QED) is 0.552. The van der Waals surface area contributed by atoms with Crippen molar-refractivity contribution in [3.63, 3.8) is 0 Å². The Kier molecular flexibility index (Phi) is 5.96. The summed E-state index contributed by atoms with van der Waals surface area (Å²) in [6, 6.07) is 15.6. The molecule has 0 atom stereocenters. The fraction of sp³-hybridized carbons (Fsp3) is 0.200. The number of thiocarbonyl (C=S) groups is 1. The molecule has 1 fully saturated rings. The molecule has 6 heteroatoms. The van der Waals surface area contributed by atoms with Crippen LogP contribution in [0.1, 0.15) is 11.1 Å². The highest BCUT2D eigenvalue weighted by Gasteiger charge is 2.31. The van der Waals surface area contributed by atoms with E-state index >= 15 is 0 Å². The smallest absolute Gasteiger partial charge is 0.266 e. The third-order valence-electron chi connectivity index (χ3n) is 4.06. The average molecular weight is 386 g/mol. The maximum atomic E-state index is 12.8. The van der Waals surface area contributed by atoms with Crippen molar-refractivity contribution in [2.75, 3.05) is 20.8 Å². The number of hydrogen-bond acceptors (Lipinski definition) is 5. The summed E-state index contributed by atoms with van der Waals surface area (Å²) in [4.78, 5) is 15.0. The molecule has 1 heterocycles. The van der Waals surface area contributed by atoms with E-state index in [2.05, 4.69) is 12.1 Å². The minimum atomic E-state index is -0.0687. The highest BCUT2D eigenvalue weighted by Crippen LogP contribution is 2.37. The second kappa shape index (κ2) is 8.38. The van der Waals surface area contributed by atoms with Crippen LogP contribution in [0.5, 0.6) is 11.5 Å². The topological polar surface area (TPSA) is 38.8 Å². The zero-order valence-corrected chi connectivity index (χ0v) is 16.2. The number of rotatable bonds is 6. The van der Waals surface area contributed by atoms with E-state index in [0.29, 0.717) is 27.3 Å². The number of carbonyl (C=O) groups excluding carboxylic acids is 1. The number of benzene rings is 2. The molecule has 0 unspecified atom stereocenters. The predicted molar refractivity (Wildman–Crippen MR) is 110 cm³/mol. The van der Waals surface area contributed by atoms with Crippen LogP contribution < -0.4 is 9.47 Å². The van der Waals surface area contributed by atoms with Gasteiger partial charge in [-0.2, -0.15) is 0 Å². The van der Waals surface area contributed by atoms with Crippen molar-refractivity contribution in [1.82, 2.24) is 4.90 Å². The second-order valence-corrected chi connectivity index (χ2v) is 7.33. The van der Waals surface area contributed by atoms with Gasteiger partial charge in [0.05, 0.1) is 19.1 Å². The number of para-hydroxylation sites is 1. The Hall–Kier alpha value is -2.31. The predicted octanol–water partition coefficient (Wildman–Crippen LogP) is 4.15. The second-order valence-electron chi connectivity index (χ2n) is 5.65. The molecule has 4 nitrogen and oxygen atoms in total. The minimum Gasteiger partial charge on any atom is -0.493 e. The molecule has 3 rings (SSSR count). The van der Waals surface area contributed by atoms with Gasteiger partial charge in [-0.05, 0) is 24.1 Å². The molecule has 1 aliphatic rings. The largest absolute Gasteiger partial charge is 0.493 e. The molecule has 134 valence electrons. The number of carbonyl (C=O) groups is 1. The fourth-order valence-corrected chi connectivity index (χ4v) is 4.04. The van der Waals surface area contributed by atoms with E-state index in [1.54, 1.807) is 19.1 Å². The number of ether oxygens (including phenoxy) is 2. The summed E-state index contributed by atoms with van der Waals surface area (Å²) in [6.45, 7) is 0.571. The Balaban J connectivity index is 1.79. The zero-order valence-electron chi connectivity index (χ0n) is 14.6. The molecule has 1 aliphatic heterocycles. The van der Waals surface area contributed by atoms with Gasteiger partial charge in [-0.3, -0.25) is 9.69 Å². The summed E-state index contributed by atoms with van der Waals surface area (Å²) >= 11 is 6.72. The van der Waals surface area contributed by atoms with E-state index in [1.807, 2.05) is 42.5 Å². The van der Waals surface area contributed by atoms with E-state index in [0.717, 1.165) is 12.0 Å². The van der Waals surface area contributed by atoms with E-state index in [1.165, 1.54) is 17.3 Å². The number of nitrogens with zero attached hydrogens (tertiary/aromatic N) is 1. The lowest BCUT2D eigenvalue weighted by Crippen LogP contribution is -2.30. The molecule has 0 radical (unpaired) electrons. The van der Waals surface area contributed by atoms with E-state index in [-0.39, 0.29) is 5.91 Å². The first kappa shape index (κ1) is 18.5. The Labute approximate surface area is 162 Å². The molecule has 0 aliphatic carbocycles. The van der Waals surface area contributed by atoms with Gasteiger partial charge >= 0.3 is 0 Å². The maximum absolute atomic E-state index is 12.8. The summed E-state index contributed by atoms with van der Waals surface area (Å²) < 4.78 is 11.3. The Morgan fingerprint density at radius 2 is 1.85 bits per heavy atom. The Morgan fingerprint density at radius 1 is 1.08 bits per heavy atom. The highest BCUT2D eigenvalue weighted by molar-refractivity contribution is 8.26. The number of amides is 1. The van der Waals surface area contributed by atoms with Crippen molar-refractivity contribution in [3.8, 4) is 11.5 Å². The molecule has 0 N–H and O–H groups in total. The molecular formula is C20H19NO3S2. The third-order valence-corrected chi connectivity index (χ3v) is 5.44. The minimum absolute atomic E-state index is 0.0687. The fourth-order valence-electron chi connectivity index (χ4n) is 2.75. The van der Waals surface area contributed by atoms with Gasteiger partial charge in [0.25, 0.3) is 5.91 Å². The van der Waals surface area contributed by atoms with Gasteiger partial charge in [0.1, 0.15) is 4.32 Å². The molecule has 0 saturated carbocycles.